The quantitative estimate of drug-likeness (QED) is 0.157. The molecule has 0 unspecified atom stereocenters. The van der Waals surface area contributed by atoms with Crippen LogP contribution >= 0.6 is 0 Å². The van der Waals surface area contributed by atoms with Crippen molar-refractivity contribution in [2.75, 3.05) is 0 Å². The predicted octanol–water partition coefficient (Wildman–Crippen LogP) is 14.4. The van der Waals surface area contributed by atoms with Crippen molar-refractivity contribution in [2.45, 2.75) is 0 Å². The maximum Gasteiger partial charge on any atom is 0.164 e. The molecule has 62 heavy (non-hydrogen) atoms. The molecule has 0 aliphatic heterocycles. The van der Waals surface area contributed by atoms with Gasteiger partial charge >= 0.3 is 0 Å². The standard InChI is InChI=1S/C57H35N5/c1-3-15-36(16-4-1)37-27-29-39(30-28-37)56-60-55(38-17-5-2-6-18-38)61-57(62-56)43-32-41(51-34-40-19-7-8-20-44(40)45-21-9-10-24-48(45)51)31-42(33-43)52-35-58-53-49-25-13-11-22-46(49)47-23-12-14-26-50(47)54(53)59-52/h1-35H. The van der Waals surface area contributed by atoms with E-state index in [1.54, 1.807) is 0 Å². The number of hydrogen-bond acceptors (Lipinski definition) is 5. The third-order valence-electron chi connectivity index (χ3n) is 11.9. The number of benzene rings is 10. The zero-order chi connectivity index (χ0) is 41.0. The van der Waals surface area contributed by atoms with Crippen LogP contribution in [0, 0.1) is 0 Å². The molecule has 0 fully saturated rings. The lowest BCUT2D eigenvalue weighted by atomic mass is 9.91. The molecule has 2 heterocycles. The van der Waals surface area contributed by atoms with E-state index in [2.05, 4.69) is 170 Å². The highest BCUT2D eigenvalue weighted by atomic mass is 15.0. The smallest absolute Gasteiger partial charge is 0.164 e. The summed E-state index contributed by atoms with van der Waals surface area (Å²) in [6.45, 7) is 0. The lowest BCUT2D eigenvalue weighted by Gasteiger charge is -2.15. The Morgan fingerprint density at radius 3 is 1.35 bits per heavy atom. The summed E-state index contributed by atoms with van der Waals surface area (Å²) in [4.78, 5) is 26.2. The van der Waals surface area contributed by atoms with Crippen molar-refractivity contribution in [1.82, 2.24) is 24.9 Å². The van der Waals surface area contributed by atoms with E-state index in [1.807, 2.05) is 42.6 Å². The maximum absolute atomic E-state index is 5.45. The average molecular weight is 790 g/mol. The second kappa shape index (κ2) is 14.7. The Bertz CT molecular complexity index is 3640. The van der Waals surface area contributed by atoms with Gasteiger partial charge in [0.15, 0.2) is 17.5 Å². The highest BCUT2D eigenvalue weighted by molar-refractivity contribution is 6.23. The van der Waals surface area contributed by atoms with Crippen molar-refractivity contribution in [2.24, 2.45) is 0 Å². The van der Waals surface area contributed by atoms with E-state index >= 15 is 0 Å². The van der Waals surface area contributed by atoms with E-state index in [0.29, 0.717) is 17.5 Å². The fourth-order valence-corrected chi connectivity index (χ4v) is 8.91. The van der Waals surface area contributed by atoms with Crippen LogP contribution in [0.15, 0.2) is 212 Å². The Balaban J connectivity index is 1.11. The lowest BCUT2D eigenvalue weighted by molar-refractivity contribution is 1.07. The SMILES string of the molecule is c1ccc(-c2ccc(-c3nc(-c4ccccc4)nc(-c4cc(-c5cnc6c7ccccc7c7ccccc7c6n5)cc(-c5cc6ccccc6c6ccccc56)c4)n3)cc2)cc1. The van der Waals surface area contributed by atoms with Gasteiger partial charge in [-0.1, -0.05) is 182 Å². The molecule has 0 atom stereocenters. The Hall–Kier alpha value is -8.41. The second-order valence-electron chi connectivity index (χ2n) is 15.6. The first kappa shape index (κ1) is 35.5. The van der Waals surface area contributed by atoms with Crippen molar-refractivity contribution < 1.29 is 0 Å². The van der Waals surface area contributed by atoms with Gasteiger partial charge in [-0.05, 0) is 78.8 Å². The van der Waals surface area contributed by atoms with Crippen molar-refractivity contribution in [1.29, 1.82) is 0 Å². The van der Waals surface area contributed by atoms with Crippen LogP contribution in [0.4, 0.5) is 0 Å². The zero-order valence-corrected chi connectivity index (χ0v) is 33.4. The fourth-order valence-electron chi connectivity index (χ4n) is 8.91. The summed E-state index contributed by atoms with van der Waals surface area (Å²) < 4.78 is 0. The van der Waals surface area contributed by atoms with Crippen LogP contribution in [0.2, 0.25) is 0 Å². The predicted molar refractivity (Wildman–Crippen MR) is 256 cm³/mol. The molecule has 0 radical (unpaired) electrons. The van der Waals surface area contributed by atoms with E-state index in [1.165, 1.54) is 21.5 Å². The molecule has 2 aromatic heterocycles. The van der Waals surface area contributed by atoms with E-state index in [-0.39, 0.29) is 0 Å². The Kier molecular flexibility index (Phi) is 8.42. The summed E-state index contributed by atoms with van der Waals surface area (Å²) >= 11 is 0. The van der Waals surface area contributed by atoms with E-state index in [4.69, 9.17) is 24.9 Å². The number of rotatable bonds is 6. The van der Waals surface area contributed by atoms with Crippen molar-refractivity contribution in [3.63, 3.8) is 0 Å². The highest BCUT2D eigenvalue weighted by Crippen LogP contribution is 2.40. The van der Waals surface area contributed by atoms with Crippen molar-refractivity contribution >= 4 is 54.1 Å². The van der Waals surface area contributed by atoms with Crippen LogP contribution in [0.25, 0.3) is 122 Å². The second-order valence-corrected chi connectivity index (χ2v) is 15.6. The molecule has 0 N–H and O–H groups in total. The van der Waals surface area contributed by atoms with Gasteiger partial charge in [0.25, 0.3) is 0 Å². The van der Waals surface area contributed by atoms with Crippen molar-refractivity contribution in [3.05, 3.63) is 212 Å². The van der Waals surface area contributed by atoms with Crippen LogP contribution in [0.5, 0.6) is 0 Å². The molecular weight excluding hydrogens is 755 g/mol. The topological polar surface area (TPSA) is 64.5 Å². The molecule has 10 aromatic carbocycles. The number of hydrogen-bond donors (Lipinski definition) is 0. The Morgan fingerprint density at radius 2 is 0.694 bits per heavy atom. The summed E-state index contributed by atoms with van der Waals surface area (Å²) in [5.74, 6) is 1.77. The molecule has 5 heteroatoms. The van der Waals surface area contributed by atoms with Crippen LogP contribution in [0.3, 0.4) is 0 Å². The van der Waals surface area contributed by atoms with E-state index in [9.17, 15) is 0 Å². The van der Waals surface area contributed by atoms with Gasteiger partial charge in [-0.2, -0.15) is 0 Å². The molecule has 12 aromatic rings. The summed E-state index contributed by atoms with van der Waals surface area (Å²) in [7, 11) is 0. The van der Waals surface area contributed by atoms with Crippen LogP contribution in [0.1, 0.15) is 0 Å². The molecule has 0 bridgehead atoms. The maximum atomic E-state index is 5.45. The summed E-state index contributed by atoms with van der Waals surface area (Å²) in [5, 5.41) is 9.23. The zero-order valence-electron chi connectivity index (χ0n) is 33.4. The molecule has 0 saturated carbocycles. The van der Waals surface area contributed by atoms with Gasteiger partial charge in [0.2, 0.25) is 0 Å². The Morgan fingerprint density at radius 1 is 0.258 bits per heavy atom. The summed E-state index contributed by atoms with van der Waals surface area (Å²) in [6, 6.07) is 72.1. The van der Waals surface area contributed by atoms with Crippen molar-refractivity contribution in [3.8, 4) is 67.7 Å². The van der Waals surface area contributed by atoms with Gasteiger partial charge in [-0.15, -0.1) is 0 Å². The average Bonchev–Trinajstić information content (AvgIpc) is 3.36. The van der Waals surface area contributed by atoms with E-state index in [0.717, 1.165) is 82.8 Å². The number of aromatic nitrogens is 5. The number of nitrogens with zero attached hydrogens (tertiary/aromatic N) is 5. The molecule has 0 spiro atoms. The molecule has 0 amide bonds. The van der Waals surface area contributed by atoms with Gasteiger partial charge in [0, 0.05) is 33.0 Å². The summed E-state index contributed by atoms with van der Waals surface area (Å²) in [6.07, 6.45) is 1.91. The van der Waals surface area contributed by atoms with Crippen LogP contribution < -0.4 is 0 Å². The third kappa shape index (κ3) is 6.14. The molecular formula is C57H35N5. The molecule has 288 valence electrons. The van der Waals surface area contributed by atoms with Gasteiger partial charge in [-0.3, -0.25) is 4.98 Å². The first-order valence-electron chi connectivity index (χ1n) is 20.8. The minimum atomic E-state index is 0.569. The Labute approximate surface area is 357 Å². The monoisotopic (exact) mass is 789 g/mol. The highest BCUT2D eigenvalue weighted by Gasteiger charge is 2.19. The molecule has 0 saturated heterocycles. The molecule has 5 nitrogen and oxygen atoms in total. The van der Waals surface area contributed by atoms with Gasteiger partial charge in [-0.25, -0.2) is 19.9 Å². The van der Waals surface area contributed by atoms with Gasteiger partial charge in [0.1, 0.15) is 0 Å². The number of fused-ring (bicyclic) bond motifs is 9. The lowest BCUT2D eigenvalue weighted by Crippen LogP contribution is -2.01. The summed E-state index contributed by atoms with van der Waals surface area (Å²) in [5.41, 5.74) is 10.5. The molecule has 12 rings (SSSR count). The first-order valence-corrected chi connectivity index (χ1v) is 20.8. The third-order valence-corrected chi connectivity index (χ3v) is 11.9. The van der Waals surface area contributed by atoms with Gasteiger partial charge in [0.05, 0.1) is 22.9 Å². The van der Waals surface area contributed by atoms with Gasteiger partial charge < -0.3 is 0 Å². The minimum absolute atomic E-state index is 0.569. The normalized spacial score (nSPS) is 11.5. The van der Waals surface area contributed by atoms with E-state index < -0.39 is 0 Å². The molecule has 0 aliphatic carbocycles. The largest absolute Gasteiger partial charge is 0.252 e. The fraction of sp³-hybridized carbons (Fsp3) is 0. The minimum Gasteiger partial charge on any atom is -0.252 e. The van der Waals surface area contributed by atoms with Crippen LogP contribution in [-0.2, 0) is 0 Å². The van der Waals surface area contributed by atoms with Crippen LogP contribution in [-0.4, -0.2) is 24.9 Å². The first-order chi connectivity index (χ1) is 30.7. The molecule has 0 aliphatic rings.